The summed E-state index contributed by atoms with van der Waals surface area (Å²) < 4.78 is 0. The Balaban J connectivity index is 4.73. The smallest absolute Gasteiger partial charge is 0.211 e. The lowest BCUT2D eigenvalue weighted by Gasteiger charge is -2.03. The van der Waals surface area contributed by atoms with E-state index >= 15 is 0 Å². The lowest BCUT2D eigenvalue weighted by molar-refractivity contribution is 0.557. The molecule has 0 aliphatic heterocycles. The van der Waals surface area contributed by atoms with Crippen molar-refractivity contribution in [2.45, 2.75) is 11.6 Å². The van der Waals surface area contributed by atoms with Crippen molar-refractivity contribution in [2.24, 2.45) is 20.0 Å². The first-order valence-electron chi connectivity index (χ1n) is 3.56. The molecule has 0 radical (unpaired) electrons. The summed E-state index contributed by atoms with van der Waals surface area (Å²) in [6.45, 7) is 0. The van der Waals surface area contributed by atoms with Crippen LogP contribution in [-0.4, -0.2) is 45.4 Å². The molecule has 15 heavy (non-hydrogen) atoms. The normalized spacial score (nSPS) is 12.5. The van der Waals surface area contributed by atoms with Crippen LogP contribution in [0.3, 0.4) is 0 Å². The fourth-order valence-corrected chi connectivity index (χ4v) is 1.80. The van der Waals surface area contributed by atoms with Crippen LogP contribution in [0.4, 0.5) is 0 Å². The van der Waals surface area contributed by atoms with Gasteiger partial charge in [0, 0.05) is 0 Å². The highest BCUT2D eigenvalue weighted by Gasteiger charge is 2.14. The maximum absolute atomic E-state index is 9.91. The van der Waals surface area contributed by atoms with E-state index in [1.54, 1.807) is 0 Å². The zero-order valence-electron chi connectivity index (χ0n) is 7.28. The van der Waals surface area contributed by atoms with E-state index in [1.165, 1.54) is 24.3 Å². The van der Waals surface area contributed by atoms with Crippen molar-refractivity contribution in [3.63, 3.8) is 0 Å². The van der Waals surface area contributed by atoms with Gasteiger partial charge in [-0.3, -0.25) is 0 Å². The molecule has 0 spiro atoms. The number of hydrogen-bond donors (Lipinski definition) is 0. The van der Waals surface area contributed by atoms with Crippen molar-refractivity contribution in [2.75, 3.05) is 0 Å². The minimum Gasteiger partial charge on any atom is -0.211 e. The molecule has 0 aromatic heterocycles. The highest BCUT2D eigenvalue weighted by atomic mass is 28.2. The van der Waals surface area contributed by atoms with Crippen LogP contribution < -0.4 is 0 Å². The predicted octanol–water partition coefficient (Wildman–Crippen LogP) is -1.93. The van der Waals surface area contributed by atoms with Gasteiger partial charge in [0.05, 0.1) is 0 Å². The number of isocyanates is 4. The Morgan fingerprint density at radius 3 is 1.13 bits per heavy atom. The molecule has 8 nitrogen and oxygen atoms in total. The van der Waals surface area contributed by atoms with Crippen molar-refractivity contribution < 1.29 is 19.2 Å². The number of hydrogen-bond acceptors (Lipinski definition) is 8. The second kappa shape index (κ2) is 8.34. The summed E-state index contributed by atoms with van der Waals surface area (Å²) in [5, 5.41) is 0. The molecule has 0 saturated heterocycles. The molecule has 0 N–H and O–H groups in total. The third-order valence-electron chi connectivity index (χ3n) is 1.23. The van der Waals surface area contributed by atoms with Gasteiger partial charge in [-0.15, -0.1) is 0 Å². The van der Waals surface area contributed by atoms with E-state index in [9.17, 15) is 19.2 Å². The van der Waals surface area contributed by atoms with Crippen molar-refractivity contribution in [1.29, 1.82) is 0 Å². The van der Waals surface area contributed by atoms with Crippen LogP contribution in [0.5, 0.6) is 0 Å². The highest BCUT2D eigenvalue weighted by molar-refractivity contribution is 6.40. The van der Waals surface area contributed by atoms with E-state index in [1.807, 2.05) is 0 Å². The van der Waals surface area contributed by atoms with Gasteiger partial charge in [0.1, 0.15) is 21.1 Å². The van der Waals surface area contributed by atoms with Crippen LogP contribution in [0.1, 0.15) is 0 Å². The SMILES string of the molecule is O=C=NC(N=C=O)[SiH2]C(N=C=O)N=C=O. The van der Waals surface area contributed by atoms with E-state index in [-0.39, 0.29) is 0 Å². The third-order valence-corrected chi connectivity index (χ3v) is 2.80. The van der Waals surface area contributed by atoms with E-state index in [2.05, 4.69) is 20.0 Å². The van der Waals surface area contributed by atoms with Gasteiger partial charge in [-0.25, -0.2) is 19.2 Å². The van der Waals surface area contributed by atoms with E-state index in [4.69, 9.17) is 0 Å². The Bertz CT molecular complexity index is 325. The van der Waals surface area contributed by atoms with Crippen LogP contribution in [0, 0.1) is 0 Å². The Kier molecular flexibility index (Phi) is 7.08. The van der Waals surface area contributed by atoms with Gasteiger partial charge in [0.25, 0.3) is 0 Å². The molecule has 0 rings (SSSR count). The molecular weight excluding hydrogens is 220 g/mol. The summed E-state index contributed by atoms with van der Waals surface area (Å²) in [5.41, 5.74) is 0. The number of carbonyl (C=O) groups excluding carboxylic acids is 4. The Labute approximate surface area is 85.4 Å². The standard InChI is InChI=1S/C6H4N4O4Si/c11-1-7-5(8-2-12)15-6(9-3-13)10-4-14/h5-6H,15H2. The molecule has 0 aromatic rings. The first kappa shape index (κ1) is 12.7. The summed E-state index contributed by atoms with van der Waals surface area (Å²) >= 11 is 0. The molecule has 0 aliphatic carbocycles. The molecule has 0 fully saturated rings. The monoisotopic (exact) mass is 224 g/mol. The maximum atomic E-state index is 9.91. The predicted molar refractivity (Wildman–Crippen MR) is 48.6 cm³/mol. The molecule has 0 saturated carbocycles. The van der Waals surface area contributed by atoms with Crippen LogP contribution in [0.2, 0.25) is 0 Å². The summed E-state index contributed by atoms with van der Waals surface area (Å²) in [6.07, 6.45) is 4.80. The lowest BCUT2D eigenvalue weighted by Crippen LogP contribution is -2.23. The summed E-state index contributed by atoms with van der Waals surface area (Å²) in [6, 6.07) is 0. The van der Waals surface area contributed by atoms with Gasteiger partial charge in [-0.1, -0.05) is 0 Å². The molecule has 0 aromatic carbocycles. The molecular formula is C6H4N4O4Si. The average molecular weight is 224 g/mol. The van der Waals surface area contributed by atoms with Crippen LogP contribution >= 0.6 is 0 Å². The number of nitrogens with zero attached hydrogens (tertiary/aromatic N) is 4. The molecule has 0 heterocycles. The Morgan fingerprint density at radius 1 is 0.667 bits per heavy atom. The van der Waals surface area contributed by atoms with Gasteiger partial charge >= 0.3 is 0 Å². The molecule has 0 amide bonds. The average Bonchev–Trinajstić information content (AvgIpc) is 2.19. The van der Waals surface area contributed by atoms with Crippen LogP contribution in [0.25, 0.3) is 0 Å². The first-order chi connectivity index (χ1) is 7.28. The van der Waals surface area contributed by atoms with Gasteiger partial charge in [-0.05, 0) is 0 Å². The minimum atomic E-state index is -1.52. The fraction of sp³-hybridized carbons (Fsp3) is 0.333. The second-order valence-electron chi connectivity index (χ2n) is 2.08. The quantitative estimate of drug-likeness (QED) is 0.296. The van der Waals surface area contributed by atoms with Crippen molar-refractivity contribution in [3.8, 4) is 0 Å². The lowest BCUT2D eigenvalue weighted by atomic mass is 11.1. The minimum absolute atomic E-state index is 0.987. The van der Waals surface area contributed by atoms with Gasteiger partial charge < -0.3 is 0 Å². The second-order valence-corrected chi connectivity index (χ2v) is 4.01. The van der Waals surface area contributed by atoms with E-state index in [0.29, 0.717) is 0 Å². The van der Waals surface area contributed by atoms with Gasteiger partial charge in [0.15, 0.2) is 0 Å². The summed E-state index contributed by atoms with van der Waals surface area (Å²) in [5.74, 6) is -1.97. The highest BCUT2D eigenvalue weighted by Crippen LogP contribution is 1.97. The van der Waals surface area contributed by atoms with Crippen molar-refractivity contribution in [3.05, 3.63) is 0 Å². The van der Waals surface area contributed by atoms with Crippen LogP contribution in [-0.2, 0) is 19.2 Å². The molecule has 9 heteroatoms. The third kappa shape index (κ3) is 5.90. The van der Waals surface area contributed by atoms with Crippen molar-refractivity contribution >= 4 is 33.8 Å². The molecule has 0 aliphatic rings. The topological polar surface area (TPSA) is 118 Å². The number of aliphatic imine (C=N–C) groups is 4. The van der Waals surface area contributed by atoms with E-state index in [0.717, 1.165) is 0 Å². The van der Waals surface area contributed by atoms with Gasteiger partial charge in [0.2, 0.25) is 24.3 Å². The molecule has 0 unspecified atom stereocenters. The maximum Gasteiger partial charge on any atom is 0.236 e. The molecule has 0 bridgehead atoms. The zero-order valence-corrected chi connectivity index (χ0v) is 8.70. The Hall–Kier alpha value is -2.26. The zero-order chi connectivity index (χ0) is 11.5. The number of rotatable bonds is 6. The van der Waals surface area contributed by atoms with Gasteiger partial charge in [-0.2, -0.15) is 20.0 Å². The first-order valence-corrected chi connectivity index (χ1v) is 5.19. The Morgan fingerprint density at radius 2 is 0.933 bits per heavy atom. The van der Waals surface area contributed by atoms with Crippen molar-refractivity contribution in [1.82, 2.24) is 0 Å². The molecule has 0 atom stereocenters. The fourth-order valence-electron chi connectivity index (χ4n) is 0.700. The summed E-state index contributed by atoms with van der Waals surface area (Å²) in [7, 11) is -1.52. The summed E-state index contributed by atoms with van der Waals surface area (Å²) in [4.78, 5) is 52.3. The largest absolute Gasteiger partial charge is 0.236 e. The van der Waals surface area contributed by atoms with Crippen LogP contribution in [0.15, 0.2) is 20.0 Å². The van der Waals surface area contributed by atoms with E-state index < -0.39 is 21.1 Å². The molecule has 76 valence electrons.